The van der Waals surface area contributed by atoms with Crippen LogP contribution in [0.25, 0.3) is 10.2 Å². The number of thiophene rings is 1. The molecule has 92 valence electrons. The van der Waals surface area contributed by atoms with E-state index in [0.717, 1.165) is 28.3 Å². The van der Waals surface area contributed by atoms with Gasteiger partial charge in [0.15, 0.2) is 0 Å². The van der Waals surface area contributed by atoms with E-state index in [-0.39, 0.29) is 5.54 Å². The number of aryl methyl sites for hydroxylation is 2. The Kier molecular flexibility index (Phi) is 3.08. The van der Waals surface area contributed by atoms with E-state index in [9.17, 15) is 0 Å². The van der Waals surface area contributed by atoms with Crippen LogP contribution in [0.4, 0.5) is 5.82 Å². The molecular formula is C13H19N3S. The Hall–Kier alpha value is -1.16. The predicted octanol–water partition coefficient (Wildman–Crippen LogP) is 3.77. The second-order valence-corrected chi connectivity index (χ2v) is 6.53. The van der Waals surface area contributed by atoms with Crippen LogP contribution in [0.2, 0.25) is 0 Å². The van der Waals surface area contributed by atoms with E-state index >= 15 is 0 Å². The minimum absolute atomic E-state index is 0.0160. The van der Waals surface area contributed by atoms with E-state index in [1.165, 1.54) is 4.88 Å². The minimum atomic E-state index is 0.0160. The van der Waals surface area contributed by atoms with Crippen molar-refractivity contribution in [3.8, 4) is 0 Å². The summed E-state index contributed by atoms with van der Waals surface area (Å²) in [6.45, 7) is 10.6. The summed E-state index contributed by atoms with van der Waals surface area (Å²) in [5.74, 6) is 1.87. The molecule has 0 saturated carbocycles. The number of nitrogens with zero attached hydrogens (tertiary/aromatic N) is 2. The molecule has 2 aromatic heterocycles. The van der Waals surface area contributed by atoms with Gasteiger partial charge in [0.2, 0.25) is 0 Å². The molecule has 0 saturated heterocycles. The van der Waals surface area contributed by atoms with Gasteiger partial charge in [-0.1, -0.05) is 6.92 Å². The molecule has 2 heterocycles. The molecule has 0 aliphatic carbocycles. The van der Waals surface area contributed by atoms with Gasteiger partial charge in [-0.05, 0) is 33.8 Å². The number of rotatable bonds is 2. The first-order valence-electron chi connectivity index (χ1n) is 5.94. The second kappa shape index (κ2) is 4.26. The van der Waals surface area contributed by atoms with Gasteiger partial charge in [-0.25, -0.2) is 9.97 Å². The number of anilines is 1. The number of hydrogen-bond donors (Lipinski definition) is 1. The van der Waals surface area contributed by atoms with Crippen molar-refractivity contribution in [1.82, 2.24) is 9.97 Å². The summed E-state index contributed by atoms with van der Waals surface area (Å²) in [7, 11) is 0. The smallest absolute Gasteiger partial charge is 0.138 e. The molecule has 3 nitrogen and oxygen atoms in total. The lowest BCUT2D eigenvalue weighted by Gasteiger charge is -2.22. The summed E-state index contributed by atoms with van der Waals surface area (Å²) in [4.78, 5) is 11.5. The maximum Gasteiger partial charge on any atom is 0.138 e. The van der Waals surface area contributed by atoms with Crippen molar-refractivity contribution in [3.63, 3.8) is 0 Å². The zero-order valence-corrected chi connectivity index (χ0v) is 11.9. The van der Waals surface area contributed by atoms with E-state index in [1.807, 2.05) is 0 Å². The van der Waals surface area contributed by atoms with Gasteiger partial charge in [0.05, 0.1) is 5.39 Å². The highest BCUT2D eigenvalue weighted by molar-refractivity contribution is 7.18. The molecule has 0 bridgehead atoms. The minimum Gasteiger partial charge on any atom is -0.365 e. The highest BCUT2D eigenvalue weighted by Crippen LogP contribution is 2.29. The Morgan fingerprint density at radius 3 is 2.59 bits per heavy atom. The SMILES string of the molecule is CCc1nc(NC(C)(C)C)c2cc(C)sc2n1. The van der Waals surface area contributed by atoms with Crippen LogP contribution in [0.15, 0.2) is 6.07 Å². The van der Waals surface area contributed by atoms with Crippen LogP contribution >= 0.6 is 11.3 Å². The highest BCUT2D eigenvalue weighted by atomic mass is 32.1. The maximum atomic E-state index is 4.60. The molecule has 0 aliphatic heterocycles. The number of nitrogens with one attached hydrogen (secondary N) is 1. The molecule has 0 unspecified atom stereocenters. The molecule has 0 spiro atoms. The van der Waals surface area contributed by atoms with Crippen molar-refractivity contribution >= 4 is 27.4 Å². The Morgan fingerprint density at radius 1 is 1.29 bits per heavy atom. The first-order chi connectivity index (χ1) is 7.89. The number of hydrogen-bond acceptors (Lipinski definition) is 4. The molecular weight excluding hydrogens is 230 g/mol. The van der Waals surface area contributed by atoms with Gasteiger partial charge in [0.1, 0.15) is 16.5 Å². The monoisotopic (exact) mass is 249 g/mol. The Morgan fingerprint density at radius 2 is 2.00 bits per heavy atom. The van der Waals surface area contributed by atoms with Crippen molar-refractivity contribution in [3.05, 3.63) is 16.8 Å². The lowest BCUT2D eigenvalue weighted by Crippen LogP contribution is -2.27. The molecule has 2 rings (SSSR count). The zero-order valence-electron chi connectivity index (χ0n) is 11.1. The number of fused-ring (bicyclic) bond motifs is 1. The molecule has 0 aromatic carbocycles. The van der Waals surface area contributed by atoms with Gasteiger partial charge in [-0.3, -0.25) is 0 Å². The molecule has 0 atom stereocenters. The fourth-order valence-electron chi connectivity index (χ4n) is 1.69. The first kappa shape index (κ1) is 12.3. The van der Waals surface area contributed by atoms with E-state index in [4.69, 9.17) is 0 Å². The van der Waals surface area contributed by atoms with Gasteiger partial charge in [-0.2, -0.15) is 0 Å². The fourth-order valence-corrected chi connectivity index (χ4v) is 2.59. The van der Waals surface area contributed by atoms with Crippen LogP contribution in [0.3, 0.4) is 0 Å². The van der Waals surface area contributed by atoms with Crippen LogP contribution in [0.5, 0.6) is 0 Å². The van der Waals surface area contributed by atoms with Crippen molar-refractivity contribution in [1.29, 1.82) is 0 Å². The van der Waals surface area contributed by atoms with E-state index in [0.29, 0.717) is 0 Å². The van der Waals surface area contributed by atoms with Crippen molar-refractivity contribution < 1.29 is 0 Å². The van der Waals surface area contributed by atoms with Crippen molar-refractivity contribution in [2.24, 2.45) is 0 Å². The summed E-state index contributed by atoms with van der Waals surface area (Å²) in [5, 5.41) is 4.61. The average molecular weight is 249 g/mol. The molecule has 0 amide bonds. The molecule has 0 radical (unpaired) electrons. The van der Waals surface area contributed by atoms with Gasteiger partial charge in [0, 0.05) is 16.8 Å². The Balaban J connectivity index is 2.58. The molecule has 0 fully saturated rings. The predicted molar refractivity (Wildman–Crippen MR) is 74.9 cm³/mol. The van der Waals surface area contributed by atoms with Crippen LogP contribution in [0, 0.1) is 6.92 Å². The van der Waals surface area contributed by atoms with Crippen LogP contribution in [-0.4, -0.2) is 15.5 Å². The lowest BCUT2D eigenvalue weighted by molar-refractivity contribution is 0.630. The molecule has 4 heteroatoms. The van der Waals surface area contributed by atoms with Crippen molar-refractivity contribution in [2.45, 2.75) is 46.6 Å². The van der Waals surface area contributed by atoms with Crippen LogP contribution in [-0.2, 0) is 6.42 Å². The van der Waals surface area contributed by atoms with Gasteiger partial charge in [-0.15, -0.1) is 11.3 Å². The normalized spacial score (nSPS) is 12.1. The maximum absolute atomic E-state index is 4.60. The van der Waals surface area contributed by atoms with E-state index < -0.39 is 0 Å². The van der Waals surface area contributed by atoms with Crippen LogP contribution in [0.1, 0.15) is 38.4 Å². The van der Waals surface area contributed by atoms with Gasteiger partial charge >= 0.3 is 0 Å². The highest BCUT2D eigenvalue weighted by Gasteiger charge is 2.15. The van der Waals surface area contributed by atoms with E-state index in [2.05, 4.69) is 56.0 Å². The molecule has 1 N–H and O–H groups in total. The molecule has 2 aromatic rings. The summed E-state index contributed by atoms with van der Waals surface area (Å²) >= 11 is 1.73. The largest absolute Gasteiger partial charge is 0.365 e. The fraction of sp³-hybridized carbons (Fsp3) is 0.538. The van der Waals surface area contributed by atoms with Gasteiger partial charge in [0.25, 0.3) is 0 Å². The third-order valence-electron chi connectivity index (χ3n) is 2.37. The average Bonchev–Trinajstić information content (AvgIpc) is 2.56. The third-order valence-corrected chi connectivity index (χ3v) is 3.32. The quantitative estimate of drug-likeness (QED) is 0.880. The summed E-state index contributed by atoms with van der Waals surface area (Å²) < 4.78 is 0. The number of aromatic nitrogens is 2. The second-order valence-electron chi connectivity index (χ2n) is 5.29. The first-order valence-corrected chi connectivity index (χ1v) is 6.76. The Bertz CT molecular complexity index is 537. The standard InChI is InChI=1S/C13H19N3S/c1-6-10-14-11(16-13(3,4)5)9-7-8(2)17-12(9)15-10/h7H,6H2,1-5H3,(H,14,15,16). The summed E-state index contributed by atoms with van der Waals surface area (Å²) in [5.41, 5.74) is 0.0160. The zero-order chi connectivity index (χ0) is 12.6. The lowest BCUT2D eigenvalue weighted by atomic mass is 10.1. The molecule has 0 aliphatic rings. The topological polar surface area (TPSA) is 37.8 Å². The van der Waals surface area contributed by atoms with E-state index in [1.54, 1.807) is 11.3 Å². The van der Waals surface area contributed by atoms with Crippen molar-refractivity contribution in [2.75, 3.05) is 5.32 Å². The molecule has 17 heavy (non-hydrogen) atoms. The van der Waals surface area contributed by atoms with Gasteiger partial charge < -0.3 is 5.32 Å². The summed E-state index contributed by atoms with van der Waals surface area (Å²) in [6, 6.07) is 2.16. The summed E-state index contributed by atoms with van der Waals surface area (Å²) in [6.07, 6.45) is 0.867. The van der Waals surface area contributed by atoms with Crippen LogP contribution < -0.4 is 5.32 Å². The third kappa shape index (κ3) is 2.75. The Labute approximate surface area is 106 Å².